The van der Waals surface area contributed by atoms with Crippen molar-refractivity contribution >= 4 is 17.4 Å². The lowest BCUT2D eigenvalue weighted by molar-refractivity contribution is 0.0455. The smallest absolute Gasteiger partial charge is 0.165 e. The number of nitrogens with one attached hydrogen (secondary N) is 2. The average molecular weight is 530 g/mol. The molecule has 0 bridgehead atoms. The molecule has 1 atom stereocenters. The minimum absolute atomic E-state index is 0.126. The summed E-state index contributed by atoms with van der Waals surface area (Å²) in [6.45, 7) is 4.26. The molecule has 2 aromatic rings. The summed E-state index contributed by atoms with van der Waals surface area (Å²) in [7, 11) is 1.73. The van der Waals surface area contributed by atoms with Gasteiger partial charge < -0.3 is 20.1 Å². The maximum Gasteiger partial charge on any atom is 0.165 e. The highest BCUT2D eigenvalue weighted by Gasteiger charge is 2.33. The van der Waals surface area contributed by atoms with E-state index >= 15 is 0 Å². The first kappa shape index (κ1) is 27.7. The summed E-state index contributed by atoms with van der Waals surface area (Å²) in [6, 6.07) is 8.29. The lowest BCUT2D eigenvalue weighted by Crippen LogP contribution is -2.41. The molecule has 0 amide bonds. The zero-order valence-electron chi connectivity index (χ0n) is 21.7. The molecule has 1 aliphatic carbocycles. The Labute approximate surface area is 224 Å². The van der Waals surface area contributed by atoms with Crippen LogP contribution < -0.4 is 10.6 Å². The lowest BCUT2D eigenvalue weighted by Gasteiger charge is -2.31. The number of anilines is 1. The molecule has 1 aliphatic heterocycles. The second-order valence-electron chi connectivity index (χ2n) is 10.5. The van der Waals surface area contributed by atoms with Crippen molar-refractivity contribution in [2.75, 3.05) is 38.8 Å². The second-order valence-corrected chi connectivity index (χ2v) is 10.9. The molecule has 37 heavy (non-hydrogen) atoms. The van der Waals surface area contributed by atoms with Crippen LogP contribution in [-0.4, -0.2) is 55.5 Å². The Balaban J connectivity index is 1.41. The number of halogens is 2. The van der Waals surface area contributed by atoms with Gasteiger partial charge in [-0.3, -0.25) is 4.98 Å². The fourth-order valence-electron chi connectivity index (χ4n) is 5.38. The molecule has 2 aliphatic rings. The van der Waals surface area contributed by atoms with E-state index in [1.165, 1.54) is 6.07 Å². The number of hydrogen-bond donors (Lipinski definition) is 2. The van der Waals surface area contributed by atoms with Crippen LogP contribution in [0, 0.1) is 28.5 Å². The number of nitriles is 1. The molecule has 9 heteroatoms. The van der Waals surface area contributed by atoms with E-state index in [1.54, 1.807) is 19.4 Å². The molecule has 0 spiro atoms. The highest BCUT2D eigenvalue weighted by atomic mass is 35.5. The summed E-state index contributed by atoms with van der Waals surface area (Å²) >= 11 is 6.51. The standard InChI is InChI=1S/C28H37ClFN5O2/c1-19(16-36-2)34-21-5-3-20(4-6-21)13-22-14-23(24(29)15-32-22)26-8-7-25(30)27(35-26)33-18-28(17-31)9-11-37-12-10-28/h7-8,14-15,19-21,34H,3-6,9-13,16,18H2,1-2H3,(H,33,35)/t19-,20?,21?/m1/s1. The predicted octanol–water partition coefficient (Wildman–Crippen LogP) is 5.39. The first-order chi connectivity index (χ1) is 17.9. The van der Waals surface area contributed by atoms with Crippen molar-refractivity contribution in [1.82, 2.24) is 15.3 Å². The molecule has 0 unspecified atom stereocenters. The van der Waals surface area contributed by atoms with E-state index in [2.05, 4.69) is 33.6 Å². The largest absolute Gasteiger partial charge is 0.383 e. The first-order valence-corrected chi connectivity index (χ1v) is 13.6. The summed E-state index contributed by atoms with van der Waals surface area (Å²) in [5.74, 6) is 0.235. The summed E-state index contributed by atoms with van der Waals surface area (Å²) in [4.78, 5) is 9.11. The molecule has 0 radical (unpaired) electrons. The van der Waals surface area contributed by atoms with Crippen LogP contribution in [0.15, 0.2) is 24.4 Å². The van der Waals surface area contributed by atoms with Gasteiger partial charge in [-0.25, -0.2) is 9.37 Å². The van der Waals surface area contributed by atoms with Crippen molar-refractivity contribution in [2.45, 2.75) is 64.0 Å². The monoisotopic (exact) mass is 529 g/mol. The van der Waals surface area contributed by atoms with Gasteiger partial charge in [-0.1, -0.05) is 11.6 Å². The van der Waals surface area contributed by atoms with Crippen LogP contribution in [0.25, 0.3) is 11.3 Å². The average Bonchev–Trinajstić information content (AvgIpc) is 2.91. The van der Waals surface area contributed by atoms with Gasteiger partial charge in [0, 0.05) is 56.4 Å². The molecular formula is C28H37ClFN5O2. The molecule has 2 fully saturated rings. The van der Waals surface area contributed by atoms with Crippen molar-refractivity contribution in [2.24, 2.45) is 11.3 Å². The summed E-state index contributed by atoms with van der Waals surface area (Å²) < 4.78 is 25.2. The number of pyridine rings is 2. The van der Waals surface area contributed by atoms with Gasteiger partial charge >= 0.3 is 0 Å². The van der Waals surface area contributed by atoms with Crippen molar-refractivity contribution in [3.8, 4) is 17.3 Å². The number of hydrogen-bond acceptors (Lipinski definition) is 7. The van der Waals surface area contributed by atoms with Gasteiger partial charge in [0.05, 0.1) is 28.8 Å². The molecule has 2 N–H and O–H groups in total. The van der Waals surface area contributed by atoms with Crippen LogP contribution in [0.3, 0.4) is 0 Å². The minimum Gasteiger partial charge on any atom is -0.383 e. The van der Waals surface area contributed by atoms with E-state index in [0.717, 1.165) is 50.0 Å². The zero-order valence-corrected chi connectivity index (χ0v) is 22.5. The number of nitrogens with zero attached hydrogens (tertiary/aromatic N) is 3. The highest BCUT2D eigenvalue weighted by molar-refractivity contribution is 6.33. The maximum atomic E-state index is 14.6. The van der Waals surface area contributed by atoms with Crippen LogP contribution >= 0.6 is 11.6 Å². The third kappa shape index (κ3) is 7.38. The highest BCUT2D eigenvalue weighted by Crippen LogP contribution is 2.33. The predicted molar refractivity (Wildman–Crippen MR) is 143 cm³/mol. The Kier molecular flexibility index (Phi) is 9.71. The number of methoxy groups -OCH3 is 1. The maximum absolute atomic E-state index is 14.6. The third-order valence-electron chi connectivity index (χ3n) is 7.60. The molecule has 7 nitrogen and oxygen atoms in total. The molecule has 4 rings (SSSR count). The molecule has 1 saturated heterocycles. The van der Waals surface area contributed by atoms with Gasteiger partial charge in [0.15, 0.2) is 11.6 Å². The van der Waals surface area contributed by atoms with Crippen LogP contribution in [0.2, 0.25) is 5.02 Å². The SMILES string of the molecule is COC[C@@H](C)NC1CCC(Cc2cc(-c3ccc(F)c(NCC4(C#N)CCOCC4)n3)c(Cl)cn2)CC1. The summed E-state index contributed by atoms with van der Waals surface area (Å²) in [5, 5.41) is 16.9. The van der Waals surface area contributed by atoms with E-state index in [9.17, 15) is 9.65 Å². The Hall–Kier alpha value is -2.31. The fraction of sp³-hybridized carbons (Fsp3) is 0.607. The van der Waals surface area contributed by atoms with Gasteiger partial charge in [-0.2, -0.15) is 5.26 Å². The molecule has 2 aromatic heterocycles. The Morgan fingerprint density at radius 1 is 1.27 bits per heavy atom. The quantitative estimate of drug-likeness (QED) is 0.426. The van der Waals surface area contributed by atoms with Gasteiger partial charge in [0.1, 0.15) is 0 Å². The molecule has 1 saturated carbocycles. The summed E-state index contributed by atoms with van der Waals surface area (Å²) in [6.07, 6.45) is 8.34. The third-order valence-corrected chi connectivity index (χ3v) is 7.90. The van der Waals surface area contributed by atoms with Crippen LogP contribution in [0.1, 0.15) is 51.1 Å². The number of ether oxygens (including phenoxy) is 2. The molecule has 200 valence electrons. The first-order valence-electron chi connectivity index (χ1n) is 13.2. The van der Waals surface area contributed by atoms with Gasteiger partial charge in [-0.15, -0.1) is 0 Å². The molecular weight excluding hydrogens is 493 g/mol. The van der Waals surface area contributed by atoms with Crippen molar-refractivity contribution in [3.63, 3.8) is 0 Å². The van der Waals surface area contributed by atoms with Crippen molar-refractivity contribution in [3.05, 3.63) is 40.9 Å². The van der Waals surface area contributed by atoms with Crippen LogP contribution in [-0.2, 0) is 15.9 Å². The fourth-order valence-corrected chi connectivity index (χ4v) is 5.58. The zero-order chi connectivity index (χ0) is 26.3. The van der Waals surface area contributed by atoms with E-state index in [4.69, 9.17) is 21.1 Å². The Morgan fingerprint density at radius 2 is 2.03 bits per heavy atom. The number of rotatable bonds is 10. The second kappa shape index (κ2) is 13.0. The van der Waals surface area contributed by atoms with Gasteiger partial charge in [-0.05, 0) is 76.0 Å². The summed E-state index contributed by atoms with van der Waals surface area (Å²) in [5.41, 5.74) is 1.70. The molecule has 0 aromatic carbocycles. The van der Waals surface area contributed by atoms with Crippen molar-refractivity contribution in [1.29, 1.82) is 5.26 Å². The van der Waals surface area contributed by atoms with Crippen molar-refractivity contribution < 1.29 is 13.9 Å². The van der Waals surface area contributed by atoms with E-state index < -0.39 is 11.2 Å². The Morgan fingerprint density at radius 3 is 2.73 bits per heavy atom. The van der Waals surface area contributed by atoms with E-state index in [1.807, 2.05) is 6.07 Å². The van der Waals surface area contributed by atoms with E-state index in [-0.39, 0.29) is 5.82 Å². The number of aromatic nitrogens is 2. The Bertz CT molecular complexity index is 1080. The normalized spacial score (nSPS) is 22.2. The van der Waals surface area contributed by atoms with E-state index in [0.29, 0.717) is 61.3 Å². The van der Waals surface area contributed by atoms with Crippen LogP contribution in [0.5, 0.6) is 0 Å². The van der Waals surface area contributed by atoms with Gasteiger partial charge in [0.25, 0.3) is 0 Å². The molecule has 3 heterocycles. The lowest BCUT2D eigenvalue weighted by atomic mass is 9.82. The minimum atomic E-state index is -0.583. The van der Waals surface area contributed by atoms with Crippen LogP contribution in [0.4, 0.5) is 10.2 Å². The topological polar surface area (TPSA) is 92.1 Å². The van der Waals surface area contributed by atoms with Gasteiger partial charge in [0.2, 0.25) is 0 Å².